The number of methoxy groups -OCH3 is 2. The van der Waals surface area contributed by atoms with Crippen molar-refractivity contribution in [3.8, 4) is 5.75 Å². The second-order valence-electron chi connectivity index (χ2n) is 2.95. The zero-order valence-electron chi connectivity index (χ0n) is 8.84. The van der Waals surface area contributed by atoms with Crippen LogP contribution in [0.3, 0.4) is 0 Å². The molecule has 1 N–H and O–H groups in total. The summed E-state index contributed by atoms with van der Waals surface area (Å²) in [6.07, 6.45) is 0. The highest BCUT2D eigenvalue weighted by molar-refractivity contribution is 9.10. The van der Waals surface area contributed by atoms with Crippen molar-refractivity contribution in [1.82, 2.24) is 0 Å². The Kier molecular flexibility index (Phi) is 5.05. The van der Waals surface area contributed by atoms with Gasteiger partial charge in [-0.25, -0.2) is 0 Å². The zero-order chi connectivity index (χ0) is 12.1. The lowest BCUT2D eigenvalue weighted by Gasteiger charge is -2.12. The summed E-state index contributed by atoms with van der Waals surface area (Å²) in [5.74, 6) is 0.254. The number of halogens is 2. The van der Waals surface area contributed by atoms with Crippen LogP contribution in [-0.4, -0.2) is 26.7 Å². The minimum atomic E-state index is -0.269. The minimum Gasteiger partial charge on any atom is -0.493 e. The molecule has 1 aromatic rings. The van der Waals surface area contributed by atoms with Crippen molar-refractivity contribution in [1.29, 1.82) is 0 Å². The van der Waals surface area contributed by atoms with E-state index < -0.39 is 0 Å². The van der Waals surface area contributed by atoms with E-state index in [1.165, 1.54) is 14.2 Å². The standard InChI is InChI=1S/C10H11BrClNO3/c1-15-5-9(14)13-8-4-6(12)3-7(11)10(8)16-2/h3-4H,5H2,1-2H3,(H,13,14). The first-order valence-electron chi connectivity index (χ1n) is 4.40. The van der Waals surface area contributed by atoms with Crippen LogP contribution in [0, 0.1) is 0 Å². The Morgan fingerprint density at radius 1 is 1.50 bits per heavy atom. The molecule has 0 atom stereocenters. The number of carbonyl (C=O) groups is 1. The van der Waals surface area contributed by atoms with Crippen LogP contribution in [0.5, 0.6) is 5.75 Å². The number of benzene rings is 1. The summed E-state index contributed by atoms with van der Waals surface area (Å²) < 4.78 is 10.5. The average Bonchev–Trinajstić information content (AvgIpc) is 2.17. The lowest BCUT2D eigenvalue weighted by molar-refractivity contribution is -0.119. The maximum atomic E-state index is 11.4. The van der Waals surface area contributed by atoms with E-state index in [1.54, 1.807) is 12.1 Å². The highest BCUT2D eigenvalue weighted by Gasteiger charge is 2.11. The van der Waals surface area contributed by atoms with Crippen LogP contribution in [0.1, 0.15) is 0 Å². The van der Waals surface area contributed by atoms with Gasteiger partial charge >= 0.3 is 0 Å². The quantitative estimate of drug-likeness (QED) is 0.930. The van der Waals surface area contributed by atoms with Gasteiger partial charge in [-0.3, -0.25) is 4.79 Å². The van der Waals surface area contributed by atoms with Crippen molar-refractivity contribution < 1.29 is 14.3 Å². The van der Waals surface area contributed by atoms with Gasteiger partial charge in [-0.1, -0.05) is 11.6 Å². The number of hydrogen-bond acceptors (Lipinski definition) is 3. The molecule has 0 radical (unpaired) electrons. The van der Waals surface area contributed by atoms with Crippen LogP contribution in [0.2, 0.25) is 5.02 Å². The third-order valence-corrected chi connectivity index (χ3v) is 2.57. The number of rotatable bonds is 4. The molecule has 88 valence electrons. The van der Waals surface area contributed by atoms with E-state index in [4.69, 9.17) is 21.1 Å². The number of hydrogen-bond donors (Lipinski definition) is 1. The Balaban J connectivity index is 2.97. The van der Waals surface area contributed by atoms with E-state index in [-0.39, 0.29) is 12.5 Å². The summed E-state index contributed by atoms with van der Waals surface area (Å²) in [5.41, 5.74) is 0.504. The molecule has 0 fully saturated rings. The molecule has 0 aliphatic rings. The van der Waals surface area contributed by atoms with E-state index in [0.29, 0.717) is 20.9 Å². The van der Waals surface area contributed by atoms with Gasteiger partial charge in [0.05, 0.1) is 17.3 Å². The maximum Gasteiger partial charge on any atom is 0.250 e. The van der Waals surface area contributed by atoms with Crippen LogP contribution in [0.25, 0.3) is 0 Å². The van der Waals surface area contributed by atoms with Gasteiger partial charge in [0.25, 0.3) is 0 Å². The molecule has 0 aliphatic heterocycles. The fourth-order valence-corrected chi connectivity index (χ4v) is 2.15. The largest absolute Gasteiger partial charge is 0.493 e. The van der Waals surface area contributed by atoms with E-state index in [9.17, 15) is 4.79 Å². The summed E-state index contributed by atoms with van der Waals surface area (Å²) in [6, 6.07) is 3.30. The van der Waals surface area contributed by atoms with Gasteiger partial charge in [0.15, 0.2) is 5.75 Å². The number of anilines is 1. The molecular formula is C10H11BrClNO3. The van der Waals surface area contributed by atoms with Crippen LogP contribution in [0.4, 0.5) is 5.69 Å². The van der Waals surface area contributed by atoms with E-state index in [2.05, 4.69) is 21.2 Å². The molecule has 16 heavy (non-hydrogen) atoms. The van der Waals surface area contributed by atoms with E-state index >= 15 is 0 Å². The van der Waals surface area contributed by atoms with E-state index in [0.717, 1.165) is 0 Å². The average molecular weight is 309 g/mol. The van der Waals surface area contributed by atoms with Crippen molar-refractivity contribution >= 4 is 39.1 Å². The number of amides is 1. The third kappa shape index (κ3) is 3.37. The highest BCUT2D eigenvalue weighted by atomic mass is 79.9. The lowest BCUT2D eigenvalue weighted by Crippen LogP contribution is -2.17. The predicted molar refractivity (Wildman–Crippen MR) is 66.2 cm³/mol. The molecule has 0 saturated heterocycles. The van der Waals surface area contributed by atoms with Gasteiger partial charge in [-0.15, -0.1) is 0 Å². The Morgan fingerprint density at radius 3 is 2.75 bits per heavy atom. The molecule has 0 unspecified atom stereocenters. The fraction of sp³-hybridized carbons (Fsp3) is 0.300. The fourth-order valence-electron chi connectivity index (χ4n) is 1.18. The summed E-state index contributed by atoms with van der Waals surface area (Å²) in [6.45, 7) is -0.0205. The summed E-state index contributed by atoms with van der Waals surface area (Å²) in [5, 5.41) is 3.14. The first kappa shape index (κ1) is 13.3. The van der Waals surface area contributed by atoms with Crippen LogP contribution in [-0.2, 0) is 9.53 Å². The Bertz CT molecular complexity index is 398. The SMILES string of the molecule is COCC(=O)Nc1cc(Cl)cc(Br)c1OC. The second kappa shape index (κ2) is 6.08. The lowest BCUT2D eigenvalue weighted by atomic mass is 10.3. The summed E-state index contributed by atoms with van der Waals surface area (Å²) in [4.78, 5) is 11.4. The molecule has 0 bridgehead atoms. The van der Waals surface area contributed by atoms with Gasteiger partial charge in [0.2, 0.25) is 5.91 Å². The van der Waals surface area contributed by atoms with Gasteiger partial charge in [0.1, 0.15) is 6.61 Å². The van der Waals surface area contributed by atoms with Crippen LogP contribution < -0.4 is 10.1 Å². The topological polar surface area (TPSA) is 47.6 Å². The molecule has 0 aromatic heterocycles. The second-order valence-corrected chi connectivity index (χ2v) is 4.24. The molecule has 4 nitrogen and oxygen atoms in total. The van der Waals surface area contributed by atoms with Gasteiger partial charge < -0.3 is 14.8 Å². The first-order valence-corrected chi connectivity index (χ1v) is 5.57. The van der Waals surface area contributed by atoms with Crippen molar-refractivity contribution in [3.05, 3.63) is 21.6 Å². The maximum absolute atomic E-state index is 11.4. The monoisotopic (exact) mass is 307 g/mol. The molecule has 0 heterocycles. The Labute approximate surface area is 107 Å². The Hall–Kier alpha value is -0.780. The van der Waals surface area contributed by atoms with Gasteiger partial charge in [-0.05, 0) is 28.1 Å². The molecule has 0 saturated carbocycles. The molecule has 0 spiro atoms. The smallest absolute Gasteiger partial charge is 0.250 e. The zero-order valence-corrected chi connectivity index (χ0v) is 11.2. The van der Waals surface area contributed by atoms with Crippen molar-refractivity contribution in [3.63, 3.8) is 0 Å². The van der Waals surface area contributed by atoms with Crippen molar-refractivity contribution in [2.24, 2.45) is 0 Å². The van der Waals surface area contributed by atoms with Crippen LogP contribution in [0.15, 0.2) is 16.6 Å². The normalized spacial score (nSPS) is 10.0. The van der Waals surface area contributed by atoms with Gasteiger partial charge in [-0.2, -0.15) is 0 Å². The molecule has 6 heteroatoms. The van der Waals surface area contributed by atoms with Crippen LogP contribution >= 0.6 is 27.5 Å². The van der Waals surface area contributed by atoms with Gasteiger partial charge in [0, 0.05) is 12.1 Å². The molecule has 1 rings (SSSR count). The predicted octanol–water partition coefficient (Wildman–Crippen LogP) is 2.70. The molecule has 1 aromatic carbocycles. The first-order chi connectivity index (χ1) is 7.58. The molecule has 1 amide bonds. The Morgan fingerprint density at radius 2 is 2.19 bits per heavy atom. The van der Waals surface area contributed by atoms with E-state index in [1.807, 2.05) is 0 Å². The third-order valence-electron chi connectivity index (χ3n) is 1.76. The number of carbonyl (C=O) groups excluding carboxylic acids is 1. The van der Waals surface area contributed by atoms with Crippen molar-refractivity contribution in [2.45, 2.75) is 0 Å². The minimum absolute atomic E-state index is 0.0205. The summed E-state index contributed by atoms with van der Waals surface area (Å²) >= 11 is 9.17. The van der Waals surface area contributed by atoms with Crippen molar-refractivity contribution in [2.75, 3.05) is 26.1 Å². The number of nitrogens with one attached hydrogen (secondary N) is 1. The summed E-state index contributed by atoms with van der Waals surface area (Å²) in [7, 11) is 2.96. The highest BCUT2D eigenvalue weighted by Crippen LogP contribution is 2.36. The molecular weight excluding hydrogens is 297 g/mol. The molecule has 0 aliphatic carbocycles. The number of ether oxygens (including phenoxy) is 2.